The molecule has 0 aliphatic carbocycles. The average molecular weight is 564 g/mol. The molecular formula is C35H40Cl2O2. The van der Waals surface area contributed by atoms with Crippen LogP contribution in [0.5, 0.6) is 11.5 Å². The lowest BCUT2D eigenvalue weighted by molar-refractivity contribution is 0.301. The van der Waals surface area contributed by atoms with E-state index in [4.69, 9.17) is 32.7 Å². The minimum Gasteiger partial charge on any atom is -0.489 e. The van der Waals surface area contributed by atoms with E-state index in [-0.39, 0.29) is 0 Å². The van der Waals surface area contributed by atoms with Crippen LogP contribution in [0.4, 0.5) is 0 Å². The Balaban J connectivity index is 0.000000216. The lowest BCUT2D eigenvalue weighted by Gasteiger charge is -2.14. The number of ether oxygens (including phenoxy) is 2. The fourth-order valence-electron chi connectivity index (χ4n) is 4.02. The molecule has 0 spiro atoms. The van der Waals surface area contributed by atoms with E-state index in [0.717, 1.165) is 45.5 Å². The molecule has 0 radical (unpaired) electrons. The Morgan fingerprint density at radius 2 is 1.10 bits per heavy atom. The van der Waals surface area contributed by atoms with Crippen molar-refractivity contribution in [3.63, 3.8) is 0 Å². The predicted octanol–water partition coefficient (Wildman–Crippen LogP) is 10.6. The van der Waals surface area contributed by atoms with E-state index in [1.54, 1.807) is 0 Å². The van der Waals surface area contributed by atoms with Gasteiger partial charge >= 0.3 is 0 Å². The van der Waals surface area contributed by atoms with Crippen LogP contribution in [0.3, 0.4) is 0 Å². The van der Waals surface area contributed by atoms with Crippen molar-refractivity contribution in [2.75, 3.05) is 0 Å². The van der Waals surface area contributed by atoms with Gasteiger partial charge in [-0.25, -0.2) is 0 Å². The highest BCUT2D eigenvalue weighted by atomic mass is 35.5. The molecule has 4 heteroatoms. The molecule has 0 fully saturated rings. The maximum atomic E-state index is 5.97. The average Bonchev–Trinajstić information content (AvgIpc) is 2.94. The van der Waals surface area contributed by atoms with Crippen molar-refractivity contribution in [3.8, 4) is 11.5 Å². The Morgan fingerprint density at radius 3 is 1.64 bits per heavy atom. The summed E-state index contributed by atoms with van der Waals surface area (Å²) in [6.07, 6.45) is 3.36. The van der Waals surface area contributed by atoms with Crippen LogP contribution in [-0.4, -0.2) is 0 Å². The minimum atomic E-state index is 0.570. The monoisotopic (exact) mass is 562 g/mol. The van der Waals surface area contributed by atoms with Gasteiger partial charge in [-0.1, -0.05) is 112 Å². The fourth-order valence-corrected chi connectivity index (χ4v) is 4.27. The van der Waals surface area contributed by atoms with Crippen LogP contribution < -0.4 is 9.47 Å². The lowest BCUT2D eigenvalue weighted by atomic mass is 9.98. The van der Waals surface area contributed by atoms with Crippen molar-refractivity contribution in [2.45, 2.75) is 60.2 Å². The first kappa shape index (κ1) is 30.6. The van der Waals surface area contributed by atoms with Crippen LogP contribution in [0.25, 0.3) is 0 Å². The molecule has 0 saturated carbocycles. The van der Waals surface area contributed by atoms with Gasteiger partial charge in [0.2, 0.25) is 0 Å². The Labute approximate surface area is 244 Å². The number of halogens is 2. The minimum absolute atomic E-state index is 0.570. The second kappa shape index (κ2) is 16.2. The highest BCUT2D eigenvalue weighted by Crippen LogP contribution is 2.24. The summed E-state index contributed by atoms with van der Waals surface area (Å²) in [5.74, 6) is 3.25. The smallest absolute Gasteiger partial charge is 0.123 e. The van der Waals surface area contributed by atoms with E-state index < -0.39 is 0 Å². The molecule has 39 heavy (non-hydrogen) atoms. The first-order valence-corrected chi connectivity index (χ1v) is 14.5. The molecule has 4 aromatic rings. The Bertz CT molecular complexity index is 1230. The zero-order chi connectivity index (χ0) is 28.0. The molecule has 4 rings (SSSR count). The zero-order valence-corrected chi connectivity index (χ0v) is 25.0. The molecule has 206 valence electrons. The zero-order valence-electron chi connectivity index (χ0n) is 23.5. The summed E-state index contributed by atoms with van der Waals surface area (Å²) < 4.78 is 11.7. The molecule has 0 amide bonds. The highest BCUT2D eigenvalue weighted by molar-refractivity contribution is 6.30. The van der Waals surface area contributed by atoms with Crippen molar-refractivity contribution < 1.29 is 9.47 Å². The van der Waals surface area contributed by atoms with Crippen LogP contribution in [-0.2, 0) is 26.1 Å². The van der Waals surface area contributed by atoms with Crippen LogP contribution in [0.2, 0.25) is 10.0 Å². The molecule has 1 unspecified atom stereocenters. The third-order valence-corrected chi connectivity index (χ3v) is 6.94. The molecule has 0 aliphatic rings. The molecule has 0 N–H and O–H groups in total. The molecule has 2 nitrogen and oxygen atoms in total. The summed E-state index contributed by atoms with van der Waals surface area (Å²) in [6.45, 7) is 10.1. The van der Waals surface area contributed by atoms with Crippen molar-refractivity contribution in [3.05, 3.63) is 129 Å². The van der Waals surface area contributed by atoms with Crippen molar-refractivity contribution in [2.24, 2.45) is 11.8 Å². The largest absolute Gasteiger partial charge is 0.489 e. The van der Waals surface area contributed by atoms with E-state index in [1.165, 1.54) is 17.5 Å². The summed E-state index contributed by atoms with van der Waals surface area (Å²) in [6, 6.07) is 32.2. The molecule has 0 aromatic heterocycles. The molecule has 0 heterocycles. The highest BCUT2D eigenvalue weighted by Gasteiger charge is 2.07. The molecule has 0 saturated heterocycles. The van der Waals surface area contributed by atoms with Gasteiger partial charge in [0.25, 0.3) is 0 Å². The van der Waals surface area contributed by atoms with Crippen LogP contribution in [0.1, 0.15) is 56.4 Å². The van der Waals surface area contributed by atoms with Crippen LogP contribution in [0, 0.1) is 11.8 Å². The molecule has 1 atom stereocenters. The van der Waals surface area contributed by atoms with Gasteiger partial charge in [0, 0.05) is 10.0 Å². The van der Waals surface area contributed by atoms with Gasteiger partial charge in [-0.15, -0.1) is 0 Å². The SMILES string of the molecule is CC(C)Cc1ccc(OCc2ccc(Cl)cc2)cc1.CCC(C)Cc1ccccc1OCc1ccc(Cl)cc1. The van der Waals surface area contributed by atoms with Crippen molar-refractivity contribution in [1.82, 2.24) is 0 Å². The first-order chi connectivity index (χ1) is 18.8. The third kappa shape index (κ3) is 11.4. The fraction of sp³-hybridized carbons (Fsp3) is 0.314. The molecular weight excluding hydrogens is 523 g/mol. The van der Waals surface area contributed by atoms with Gasteiger partial charge in [0.15, 0.2) is 0 Å². The molecule has 0 aliphatic heterocycles. The molecule has 4 aromatic carbocycles. The van der Waals surface area contributed by atoms with E-state index >= 15 is 0 Å². The second-order valence-corrected chi connectivity index (χ2v) is 11.3. The Hall–Kier alpha value is -2.94. The van der Waals surface area contributed by atoms with Gasteiger partial charge in [0.1, 0.15) is 24.7 Å². The lowest BCUT2D eigenvalue weighted by Crippen LogP contribution is -2.02. The number of hydrogen-bond acceptors (Lipinski definition) is 2. The van der Waals surface area contributed by atoms with E-state index in [1.807, 2.05) is 72.8 Å². The van der Waals surface area contributed by atoms with Crippen molar-refractivity contribution >= 4 is 23.2 Å². The maximum Gasteiger partial charge on any atom is 0.123 e. The number of hydrogen-bond donors (Lipinski definition) is 0. The van der Waals surface area contributed by atoms with Crippen LogP contribution >= 0.6 is 23.2 Å². The maximum absolute atomic E-state index is 5.97. The topological polar surface area (TPSA) is 18.5 Å². The van der Waals surface area contributed by atoms with Gasteiger partial charge in [-0.2, -0.15) is 0 Å². The molecule has 0 bridgehead atoms. The summed E-state index contributed by atoms with van der Waals surface area (Å²) >= 11 is 11.7. The summed E-state index contributed by atoms with van der Waals surface area (Å²) in [4.78, 5) is 0. The van der Waals surface area contributed by atoms with Gasteiger partial charge in [-0.3, -0.25) is 0 Å². The number of benzene rings is 4. The normalized spacial score (nSPS) is 11.5. The second-order valence-electron chi connectivity index (χ2n) is 10.4. The van der Waals surface area contributed by atoms with Gasteiger partial charge in [0.05, 0.1) is 0 Å². The number of para-hydroxylation sites is 1. The first-order valence-electron chi connectivity index (χ1n) is 13.7. The third-order valence-electron chi connectivity index (χ3n) is 6.43. The Morgan fingerprint density at radius 1 is 0.590 bits per heavy atom. The quantitative estimate of drug-likeness (QED) is 0.181. The predicted molar refractivity (Wildman–Crippen MR) is 166 cm³/mol. The van der Waals surface area contributed by atoms with E-state index in [0.29, 0.717) is 25.0 Å². The van der Waals surface area contributed by atoms with Crippen LogP contribution in [0.15, 0.2) is 97.1 Å². The van der Waals surface area contributed by atoms with E-state index in [2.05, 4.69) is 52.0 Å². The van der Waals surface area contributed by atoms with Gasteiger partial charge < -0.3 is 9.47 Å². The summed E-state index contributed by atoms with van der Waals surface area (Å²) in [5, 5.41) is 1.51. The Kier molecular flexibility index (Phi) is 12.7. The van der Waals surface area contributed by atoms with Crippen molar-refractivity contribution in [1.29, 1.82) is 0 Å². The summed E-state index contributed by atoms with van der Waals surface area (Å²) in [7, 11) is 0. The van der Waals surface area contributed by atoms with Gasteiger partial charge in [-0.05, 0) is 89.4 Å². The number of rotatable bonds is 11. The summed E-state index contributed by atoms with van der Waals surface area (Å²) in [5.41, 5.74) is 4.90. The standard InChI is InChI=1S/C18H21ClO.C17H19ClO/c1-3-14(2)12-16-6-4-5-7-18(16)20-13-15-8-10-17(19)11-9-15;1-13(2)11-14-5-9-17(10-6-14)19-12-15-3-7-16(18)8-4-15/h4-11,14H,3,12-13H2,1-2H3;3-10,13H,11-12H2,1-2H3. The van der Waals surface area contributed by atoms with E-state index in [9.17, 15) is 0 Å².